The number of carbonyl (C=O) groups is 1. The molecule has 1 N–H and O–H groups in total. The van der Waals surface area contributed by atoms with E-state index in [1.165, 1.54) is 18.5 Å². The molecule has 3 aromatic carbocycles. The molecule has 1 amide bonds. The van der Waals surface area contributed by atoms with Crippen LogP contribution >= 0.6 is 0 Å². The third kappa shape index (κ3) is 6.99. The quantitative estimate of drug-likeness (QED) is 0.241. The molecule has 1 aromatic heterocycles. The van der Waals surface area contributed by atoms with Gasteiger partial charge in [0.15, 0.2) is 11.5 Å². The van der Waals surface area contributed by atoms with Crippen LogP contribution in [0.5, 0.6) is 11.5 Å². The highest BCUT2D eigenvalue weighted by Crippen LogP contribution is 2.36. The zero-order chi connectivity index (χ0) is 29.7. The maximum absolute atomic E-state index is 12.8. The van der Waals surface area contributed by atoms with Gasteiger partial charge in [-0.1, -0.05) is 31.2 Å². The van der Waals surface area contributed by atoms with Crippen LogP contribution in [0.3, 0.4) is 0 Å². The molecule has 4 aromatic rings. The number of benzene rings is 3. The normalized spacial score (nSPS) is 14.6. The number of halogens is 3. The average molecular weight is 579 g/mol. The van der Waals surface area contributed by atoms with Crippen molar-refractivity contribution in [2.75, 3.05) is 38.7 Å². The van der Waals surface area contributed by atoms with Gasteiger partial charge in [-0.05, 0) is 74.3 Å². The van der Waals surface area contributed by atoms with Gasteiger partial charge in [0.25, 0.3) is 0 Å². The van der Waals surface area contributed by atoms with Crippen molar-refractivity contribution in [1.82, 2.24) is 14.9 Å². The number of methoxy groups -OCH3 is 1. The Labute approximate surface area is 242 Å². The summed E-state index contributed by atoms with van der Waals surface area (Å²) in [6.07, 6.45) is -0.751. The summed E-state index contributed by atoms with van der Waals surface area (Å²) in [7, 11) is 1.61. The third-order valence-corrected chi connectivity index (χ3v) is 7.64. The summed E-state index contributed by atoms with van der Waals surface area (Å²) in [4.78, 5) is 23.9. The lowest BCUT2D eigenvalue weighted by Crippen LogP contribution is -2.35. The minimum Gasteiger partial charge on any atom is -0.493 e. The molecule has 0 bridgehead atoms. The fourth-order valence-corrected chi connectivity index (χ4v) is 5.16. The van der Waals surface area contributed by atoms with Crippen LogP contribution in [0.4, 0.5) is 18.9 Å². The summed E-state index contributed by atoms with van der Waals surface area (Å²) >= 11 is 0. The topological polar surface area (TPSA) is 76.6 Å². The second kappa shape index (κ2) is 12.8. The molecule has 1 aliphatic heterocycles. The number of alkyl halides is 3. The Morgan fingerprint density at radius 2 is 1.71 bits per heavy atom. The molecule has 1 aliphatic rings. The summed E-state index contributed by atoms with van der Waals surface area (Å²) in [5.74, 6) is 1.42. The smallest absolute Gasteiger partial charge is 0.416 e. The molecule has 1 fully saturated rings. The van der Waals surface area contributed by atoms with Crippen molar-refractivity contribution < 1.29 is 27.4 Å². The molecule has 1 saturated heterocycles. The van der Waals surface area contributed by atoms with Gasteiger partial charge in [0.2, 0.25) is 5.91 Å². The van der Waals surface area contributed by atoms with E-state index in [0.717, 1.165) is 61.1 Å². The fourth-order valence-electron chi connectivity index (χ4n) is 5.16. The number of hydrogen-bond donors (Lipinski definition) is 1. The first-order chi connectivity index (χ1) is 20.2. The van der Waals surface area contributed by atoms with Crippen molar-refractivity contribution in [3.63, 3.8) is 0 Å². The molecule has 0 unspecified atom stereocenters. The predicted molar refractivity (Wildman–Crippen MR) is 156 cm³/mol. The van der Waals surface area contributed by atoms with E-state index in [1.54, 1.807) is 19.2 Å². The van der Waals surface area contributed by atoms with E-state index in [0.29, 0.717) is 41.0 Å². The van der Waals surface area contributed by atoms with Crippen molar-refractivity contribution in [2.24, 2.45) is 5.92 Å². The maximum Gasteiger partial charge on any atom is 0.416 e. The number of likely N-dealkylation sites (tertiary alicyclic amines) is 1. The van der Waals surface area contributed by atoms with E-state index in [9.17, 15) is 18.0 Å². The second-order valence-electron chi connectivity index (χ2n) is 10.4. The summed E-state index contributed by atoms with van der Waals surface area (Å²) in [5.41, 5.74) is 2.56. The zero-order valence-electron chi connectivity index (χ0n) is 23.6. The van der Waals surface area contributed by atoms with Crippen molar-refractivity contribution in [2.45, 2.75) is 32.4 Å². The highest BCUT2D eigenvalue weighted by molar-refractivity contribution is 5.95. The molecule has 0 spiro atoms. The predicted octanol–water partition coefficient (Wildman–Crippen LogP) is 6.62. The fraction of sp³-hybridized carbons (Fsp3) is 0.344. The molecule has 0 atom stereocenters. The second-order valence-corrected chi connectivity index (χ2v) is 10.4. The number of fused-ring (bicyclic) bond motifs is 1. The Morgan fingerprint density at radius 1 is 1.00 bits per heavy atom. The van der Waals surface area contributed by atoms with E-state index in [1.807, 2.05) is 24.3 Å². The molecule has 42 heavy (non-hydrogen) atoms. The van der Waals surface area contributed by atoms with Crippen molar-refractivity contribution in [3.05, 3.63) is 78.1 Å². The van der Waals surface area contributed by atoms with Crippen molar-refractivity contribution in [1.29, 1.82) is 0 Å². The zero-order valence-corrected chi connectivity index (χ0v) is 23.6. The van der Waals surface area contributed by atoms with Crippen LogP contribution in [-0.2, 0) is 17.4 Å². The van der Waals surface area contributed by atoms with E-state index in [4.69, 9.17) is 9.47 Å². The van der Waals surface area contributed by atoms with Crippen LogP contribution in [0.2, 0.25) is 0 Å². The van der Waals surface area contributed by atoms with Gasteiger partial charge in [0.1, 0.15) is 6.33 Å². The SMILES string of the molecule is CCN1CCC(COc2cc3c(-c4ccc(NC(=O)Cc5ccc(C(F)(F)F)cc5)cc4)ncnc3cc2OC)CC1. The van der Waals surface area contributed by atoms with Gasteiger partial charge < -0.3 is 19.7 Å². The molecular formula is C32H33F3N4O3. The monoisotopic (exact) mass is 578 g/mol. The maximum atomic E-state index is 12.8. The van der Waals surface area contributed by atoms with E-state index < -0.39 is 11.7 Å². The van der Waals surface area contributed by atoms with Crippen LogP contribution in [-0.4, -0.2) is 54.1 Å². The Hall–Kier alpha value is -4.18. The molecule has 0 radical (unpaired) electrons. The minimum absolute atomic E-state index is 0.0429. The summed E-state index contributed by atoms with van der Waals surface area (Å²) in [6.45, 7) is 6.05. The molecule has 0 saturated carbocycles. The van der Waals surface area contributed by atoms with Gasteiger partial charge >= 0.3 is 6.18 Å². The Balaban J connectivity index is 1.28. The average Bonchev–Trinajstić information content (AvgIpc) is 2.99. The van der Waals surface area contributed by atoms with Gasteiger partial charge in [-0.2, -0.15) is 13.2 Å². The van der Waals surface area contributed by atoms with Crippen LogP contribution in [0, 0.1) is 5.92 Å². The van der Waals surface area contributed by atoms with Gasteiger partial charge in [0, 0.05) is 22.7 Å². The summed E-state index contributed by atoms with van der Waals surface area (Å²) < 4.78 is 50.2. The Bertz CT molecular complexity index is 1520. The lowest BCUT2D eigenvalue weighted by atomic mass is 9.98. The van der Waals surface area contributed by atoms with Gasteiger partial charge in [-0.3, -0.25) is 4.79 Å². The van der Waals surface area contributed by atoms with Crippen LogP contribution in [0.25, 0.3) is 22.2 Å². The first-order valence-electron chi connectivity index (χ1n) is 14.0. The van der Waals surface area contributed by atoms with Gasteiger partial charge in [-0.25, -0.2) is 9.97 Å². The highest BCUT2D eigenvalue weighted by atomic mass is 19.4. The molecule has 7 nitrogen and oxygen atoms in total. The molecule has 220 valence electrons. The van der Waals surface area contributed by atoms with E-state index in [-0.39, 0.29) is 12.3 Å². The third-order valence-electron chi connectivity index (χ3n) is 7.64. The van der Waals surface area contributed by atoms with E-state index in [2.05, 4.69) is 27.1 Å². The first kappa shape index (κ1) is 29.3. The number of hydrogen-bond acceptors (Lipinski definition) is 6. The first-order valence-corrected chi connectivity index (χ1v) is 14.0. The minimum atomic E-state index is -4.41. The van der Waals surface area contributed by atoms with Gasteiger partial charge in [0.05, 0.1) is 36.9 Å². The number of piperidine rings is 1. The molecular weight excluding hydrogens is 545 g/mol. The van der Waals surface area contributed by atoms with Crippen LogP contribution in [0.15, 0.2) is 67.0 Å². The Morgan fingerprint density at radius 3 is 2.36 bits per heavy atom. The summed E-state index contributed by atoms with van der Waals surface area (Å²) in [6, 6.07) is 15.6. The number of amides is 1. The number of nitrogens with one attached hydrogen (secondary N) is 1. The Kier molecular flexibility index (Phi) is 8.91. The standard InChI is InChI=1S/C32H33F3N4O3/c1-3-39-14-12-22(13-15-39)19-42-29-17-26-27(18-28(29)41-2)36-20-37-31(26)23-6-10-25(11-7-23)38-30(40)16-21-4-8-24(9-5-21)32(33,34)35/h4-11,17-18,20,22H,3,12-16,19H2,1-2H3,(H,38,40). The lowest BCUT2D eigenvalue weighted by Gasteiger charge is -2.30. The molecule has 0 aliphatic carbocycles. The number of carbonyl (C=O) groups excluding carboxylic acids is 1. The van der Waals surface area contributed by atoms with Crippen molar-refractivity contribution >= 4 is 22.5 Å². The molecule has 2 heterocycles. The van der Waals surface area contributed by atoms with Crippen LogP contribution in [0.1, 0.15) is 30.9 Å². The van der Waals surface area contributed by atoms with Crippen LogP contribution < -0.4 is 14.8 Å². The van der Waals surface area contributed by atoms with Gasteiger partial charge in [-0.15, -0.1) is 0 Å². The number of nitrogens with zero attached hydrogens (tertiary/aromatic N) is 3. The molecule has 10 heteroatoms. The summed E-state index contributed by atoms with van der Waals surface area (Å²) in [5, 5.41) is 3.61. The number of ether oxygens (including phenoxy) is 2. The lowest BCUT2D eigenvalue weighted by molar-refractivity contribution is -0.137. The number of rotatable bonds is 9. The van der Waals surface area contributed by atoms with Crippen molar-refractivity contribution in [3.8, 4) is 22.8 Å². The number of aromatic nitrogens is 2. The highest BCUT2D eigenvalue weighted by Gasteiger charge is 2.30. The molecule has 5 rings (SSSR count). The largest absolute Gasteiger partial charge is 0.493 e. The number of anilines is 1. The van der Waals surface area contributed by atoms with E-state index >= 15 is 0 Å².